The average Bonchev–Trinajstić information content (AvgIpc) is 2.84. The molecule has 0 spiro atoms. The summed E-state index contributed by atoms with van der Waals surface area (Å²) in [6.45, 7) is -0.0714. The molecular formula is C16H15N3O2. The SMILES string of the molecule is O=C(O)Cn1c(CCc2ccccn2)nc2ccccc21. The van der Waals surface area contributed by atoms with Gasteiger partial charge < -0.3 is 9.67 Å². The highest BCUT2D eigenvalue weighted by Crippen LogP contribution is 2.17. The highest BCUT2D eigenvalue weighted by Gasteiger charge is 2.12. The van der Waals surface area contributed by atoms with Gasteiger partial charge in [-0.25, -0.2) is 4.98 Å². The number of imidazole rings is 1. The van der Waals surface area contributed by atoms with Crippen LogP contribution in [0.5, 0.6) is 0 Å². The summed E-state index contributed by atoms with van der Waals surface area (Å²) in [6, 6.07) is 13.4. The summed E-state index contributed by atoms with van der Waals surface area (Å²) in [7, 11) is 0. The number of pyridine rings is 1. The number of rotatable bonds is 5. The van der Waals surface area contributed by atoms with E-state index in [1.165, 1.54) is 0 Å². The Morgan fingerprint density at radius 1 is 1.10 bits per heavy atom. The van der Waals surface area contributed by atoms with Crippen molar-refractivity contribution in [1.82, 2.24) is 14.5 Å². The van der Waals surface area contributed by atoms with Gasteiger partial charge in [0, 0.05) is 18.3 Å². The van der Waals surface area contributed by atoms with Crippen molar-refractivity contribution in [1.29, 1.82) is 0 Å². The number of carboxylic acids is 1. The Labute approximate surface area is 121 Å². The molecule has 3 rings (SSSR count). The number of carbonyl (C=O) groups is 1. The van der Waals surface area contributed by atoms with E-state index in [9.17, 15) is 4.79 Å². The van der Waals surface area contributed by atoms with Gasteiger partial charge in [0.1, 0.15) is 12.4 Å². The lowest BCUT2D eigenvalue weighted by Gasteiger charge is -2.06. The number of aromatic nitrogens is 3. The third-order valence-electron chi connectivity index (χ3n) is 3.36. The summed E-state index contributed by atoms with van der Waals surface area (Å²) in [5, 5.41) is 9.09. The number of aliphatic carboxylic acids is 1. The molecule has 0 radical (unpaired) electrons. The van der Waals surface area contributed by atoms with E-state index in [2.05, 4.69) is 9.97 Å². The minimum atomic E-state index is -0.864. The third-order valence-corrected chi connectivity index (χ3v) is 3.36. The topological polar surface area (TPSA) is 68.0 Å². The Hall–Kier alpha value is -2.69. The Morgan fingerprint density at radius 2 is 1.90 bits per heavy atom. The molecule has 2 heterocycles. The van der Waals surface area contributed by atoms with Crippen LogP contribution < -0.4 is 0 Å². The molecular weight excluding hydrogens is 266 g/mol. The highest BCUT2D eigenvalue weighted by atomic mass is 16.4. The van der Waals surface area contributed by atoms with E-state index < -0.39 is 5.97 Å². The highest BCUT2D eigenvalue weighted by molar-refractivity contribution is 5.78. The minimum absolute atomic E-state index is 0.0714. The minimum Gasteiger partial charge on any atom is -0.480 e. The monoisotopic (exact) mass is 281 g/mol. The van der Waals surface area contributed by atoms with Crippen LogP contribution in [0.4, 0.5) is 0 Å². The Kier molecular flexibility index (Phi) is 3.64. The van der Waals surface area contributed by atoms with E-state index in [1.807, 2.05) is 42.5 Å². The van der Waals surface area contributed by atoms with Crippen LogP contribution in [0.1, 0.15) is 11.5 Å². The van der Waals surface area contributed by atoms with Gasteiger partial charge >= 0.3 is 5.97 Å². The van der Waals surface area contributed by atoms with Crippen molar-refractivity contribution in [3.05, 3.63) is 60.2 Å². The molecule has 5 heteroatoms. The van der Waals surface area contributed by atoms with E-state index in [0.717, 1.165) is 29.0 Å². The van der Waals surface area contributed by atoms with Crippen LogP contribution >= 0.6 is 0 Å². The zero-order valence-electron chi connectivity index (χ0n) is 11.4. The fraction of sp³-hybridized carbons (Fsp3) is 0.188. The molecule has 0 atom stereocenters. The number of hydrogen-bond acceptors (Lipinski definition) is 3. The Balaban J connectivity index is 1.91. The Bertz CT molecular complexity index is 766. The second-order valence-electron chi connectivity index (χ2n) is 4.82. The molecule has 3 aromatic rings. The molecule has 0 saturated carbocycles. The standard InChI is InChI=1S/C16H15N3O2/c20-16(21)11-19-14-7-2-1-6-13(14)18-15(19)9-8-12-5-3-4-10-17-12/h1-7,10H,8-9,11H2,(H,20,21). The predicted molar refractivity (Wildman–Crippen MR) is 79.0 cm³/mol. The molecule has 5 nitrogen and oxygen atoms in total. The van der Waals surface area contributed by atoms with Gasteiger partial charge in [-0.05, 0) is 30.7 Å². The van der Waals surface area contributed by atoms with Crippen LogP contribution in [-0.4, -0.2) is 25.6 Å². The van der Waals surface area contributed by atoms with Crippen molar-refractivity contribution >= 4 is 17.0 Å². The summed E-state index contributed by atoms with van der Waals surface area (Å²) in [4.78, 5) is 19.9. The van der Waals surface area contributed by atoms with E-state index in [0.29, 0.717) is 6.42 Å². The lowest BCUT2D eigenvalue weighted by molar-refractivity contribution is -0.137. The van der Waals surface area contributed by atoms with Gasteiger partial charge in [-0.15, -0.1) is 0 Å². The molecule has 0 saturated heterocycles. The summed E-state index contributed by atoms with van der Waals surface area (Å²) in [5.74, 6) is -0.0820. The molecule has 21 heavy (non-hydrogen) atoms. The first-order valence-corrected chi connectivity index (χ1v) is 6.80. The van der Waals surface area contributed by atoms with Crippen LogP contribution in [0.25, 0.3) is 11.0 Å². The average molecular weight is 281 g/mol. The maximum atomic E-state index is 11.1. The largest absolute Gasteiger partial charge is 0.480 e. The van der Waals surface area contributed by atoms with E-state index >= 15 is 0 Å². The lowest BCUT2D eigenvalue weighted by Crippen LogP contribution is -2.12. The zero-order valence-corrected chi connectivity index (χ0v) is 11.4. The smallest absolute Gasteiger partial charge is 0.323 e. The van der Waals surface area contributed by atoms with E-state index in [4.69, 9.17) is 5.11 Å². The molecule has 0 aliphatic heterocycles. The number of nitrogens with zero attached hydrogens (tertiary/aromatic N) is 3. The number of carboxylic acid groups (broad SMARTS) is 1. The quantitative estimate of drug-likeness (QED) is 0.779. The summed E-state index contributed by atoms with van der Waals surface area (Å²) >= 11 is 0. The second kappa shape index (κ2) is 5.75. The van der Waals surface area contributed by atoms with Crippen LogP contribution in [0, 0.1) is 0 Å². The predicted octanol–water partition coefficient (Wildman–Crippen LogP) is 2.30. The van der Waals surface area contributed by atoms with Crippen molar-refractivity contribution < 1.29 is 9.90 Å². The maximum Gasteiger partial charge on any atom is 0.323 e. The summed E-state index contributed by atoms with van der Waals surface area (Å²) in [6.07, 6.45) is 3.16. The van der Waals surface area contributed by atoms with Crippen molar-refractivity contribution in [3.8, 4) is 0 Å². The fourth-order valence-corrected chi connectivity index (χ4v) is 2.41. The van der Waals surface area contributed by atoms with Crippen molar-refractivity contribution in [2.24, 2.45) is 0 Å². The first-order chi connectivity index (χ1) is 10.2. The van der Waals surface area contributed by atoms with E-state index in [-0.39, 0.29) is 6.54 Å². The molecule has 106 valence electrons. The van der Waals surface area contributed by atoms with Gasteiger partial charge in [0.25, 0.3) is 0 Å². The fourth-order valence-electron chi connectivity index (χ4n) is 2.41. The van der Waals surface area contributed by atoms with Gasteiger partial charge in [0.2, 0.25) is 0 Å². The maximum absolute atomic E-state index is 11.1. The molecule has 1 N–H and O–H groups in total. The number of benzene rings is 1. The van der Waals surface area contributed by atoms with Gasteiger partial charge in [0.15, 0.2) is 0 Å². The number of para-hydroxylation sites is 2. The van der Waals surface area contributed by atoms with E-state index in [1.54, 1.807) is 10.8 Å². The number of hydrogen-bond donors (Lipinski definition) is 1. The number of fused-ring (bicyclic) bond motifs is 1. The number of aryl methyl sites for hydroxylation is 2. The van der Waals surface area contributed by atoms with Crippen molar-refractivity contribution in [2.45, 2.75) is 19.4 Å². The van der Waals surface area contributed by atoms with Crippen molar-refractivity contribution in [2.75, 3.05) is 0 Å². The molecule has 1 aromatic carbocycles. The molecule has 0 aliphatic rings. The summed E-state index contributed by atoms with van der Waals surface area (Å²) in [5.41, 5.74) is 2.66. The second-order valence-corrected chi connectivity index (χ2v) is 4.82. The van der Waals surface area contributed by atoms with Gasteiger partial charge in [-0.3, -0.25) is 9.78 Å². The molecule has 0 bridgehead atoms. The van der Waals surface area contributed by atoms with Crippen molar-refractivity contribution in [3.63, 3.8) is 0 Å². The van der Waals surface area contributed by atoms with Crippen LogP contribution in [0.15, 0.2) is 48.7 Å². The van der Waals surface area contributed by atoms with Gasteiger partial charge in [-0.2, -0.15) is 0 Å². The Morgan fingerprint density at radius 3 is 2.67 bits per heavy atom. The third kappa shape index (κ3) is 2.91. The molecule has 0 amide bonds. The summed E-state index contributed by atoms with van der Waals surface area (Å²) < 4.78 is 1.76. The van der Waals surface area contributed by atoms with Crippen LogP contribution in [0.2, 0.25) is 0 Å². The first kappa shape index (κ1) is 13.3. The molecule has 2 aromatic heterocycles. The molecule has 0 unspecified atom stereocenters. The first-order valence-electron chi connectivity index (χ1n) is 6.80. The lowest BCUT2D eigenvalue weighted by atomic mass is 10.2. The van der Waals surface area contributed by atoms with Gasteiger partial charge in [0.05, 0.1) is 11.0 Å². The molecule has 0 aliphatic carbocycles. The molecule has 0 fully saturated rings. The van der Waals surface area contributed by atoms with Crippen LogP contribution in [-0.2, 0) is 24.2 Å². The zero-order chi connectivity index (χ0) is 14.7. The normalized spacial score (nSPS) is 10.9. The van der Waals surface area contributed by atoms with Crippen LogP contribution in [0.3, 0.4) is 0 Å². The van der Waals surface area contributed by atoms with Gasteiger partial charge in [-0.1, -0.05) is 18.2 Å².